The van der Waals surface area contributed by atoms with Crippen molar-refractivity contribution in [1.82, 2.24) is 10.2 Å². The summed E-state index contributed by atoms with van der Waals surface area (Å²) in [5, 5.41) is 11.8. The Hall–Kier alpha value is -1.52. The lowest BCUT2D eigenvalue weighted by atomic mass is 10.0. The van der Waals surface area contributed by atoms with E-state index in [9.17, 15) is 23.7 Å². The van der Waals surface area contributed by atoms with Crippen molar-refractivity contribution in [3.63, 3.8) is 0 Å². The van der Waals surface area contributed by atoms with Gasteiger partial charge in [-0.25, -0.2) is 4.79 Å². The number of halogens is 2. The molecule has 2 heterocycles. The number of β-lactam (4-membered cyclic amide) rings is 1. The second-order valence-electron chi connectivity index (χ2n) is 6.08. The summed E-state index contributed by atoms with van der Waals surface area (Å²) in [5.74, 6) is -2.15. The molecule has 2 aliphatic heterocycles. The van der Waals surface area contributed by atoms with Crippen LogP contribution < -0.4 is 5.32 Å². The van der Waals surface area contributed by atoms with Crippen molar-refractivity contribution in [3.8, 4) is 0 Å². The number of hydrogen-bond donors (Lipinski definition) is 2. The number of fused-ring (bicyclic) bond motifs is 1. The molecule has 4 atom stereocenters. The number of carbonyl (C=O) groups is 3. The number of benzene rings is 1. The van der Waals surface area contributed by atoms with Crippen molar-refractivity contribution < 1.29 is 23.7 Å². The number of rotatable bonds is 6. The number of aliphatic carboxylic acids is 1. The lowest BCUT2D eigenvalue weighted by Crippen LogP contribution is -2.73. The molecule has 0 saturated carbocycles. The highest BCUT2D eigenvalue weighted by atomic mass is 79.9. The Labute approximate surface area is 174 Å². The molecule has 1 saturated heterocycles. The van der Waals surface area contributed by atoms with E-state index in [1.165, 1.54) is 0 Å². The van der Waals surface area contributed by atoms with E-state index in [0.717, 1.165) is 4.90 Å². The molecule has 2 N–H and O–H groups in total. The molecular weight excluding hydrogens is 504 g/mol. The highest BCUT2D eigenvalue weighted by Crippen LogP contribution is 2.36. The van der Waals surface area contributed by atoms with Gasteiger partial charge < -0.3 is 10.4 Å². The van der Waals surface area contributed by atoms with Crippen LogP contribution in [0.5, 0.6) is 0 Å². The first-order chi connectivity index (χ1) is 12.9. The average Bonchev–Trinajstić information content (AvgIpc) is 2.65. The van der Waals surface area contributed by atoms with E-state index < -0.39 is 44.8 Å². The Balaban J connectivity index is 1.79. The number of nitrogens with one attached hydrogen (secondary N) is 1. The summed E-state index contributed by atoms with van der Waals surface area (Å²) in [6.07, 6.45) is 0.387. The van der Waals surface area contributed by atoms with Gasteiger partial charge >= 0.3 is 5.97 Å². The largest absolute Gasteiger partial charge is 0.477 e. The molecule has 10 heteroatoms. The average molecular weight is 520 g/mol. The van der Waals surface area contributed by atoms with Gasteiger partial charge in [0, 0.05) is 11.1 Å². The van der Waals surface area contributed by atoms with Crippen LogP contribution in [-0.2, 0) is 25.2 Å². The first-order valence-corrected chi connectivity index (χ1v) is 11.5. The smallest absolute Gasteiger partial charge is 0.352 e. The van der Waals surface area contributed by atoms with Gasteiger partial charge in [-0.1, -0.05) is 62.2 Å². The normalized spacial score (nSPS) is 25.5. The molecule has 7 nitrogen and oxygen atoms in total. The molecule has 1 aromatic carbocycles. The number of carboxylic acid groups (broad SMARTS) is 1. The monoisotopic (exact) mass is 518 g/mol. The van der Waals surface area contributed by atoms with Crippen molar-refractivity contribution in [1.29, 1.82) is 0 Å². The number of hydrogen-bond acceptors (Lipinski definition) is 4. The maximum Gasteiger partial charge on any atom is 0.352 e. The number of alkyl halides is 2. The van der Waals surface area contributed by atoms with Gasteiger partial charge in [-0.3, -0.25) is 18.7 Å². The van der Waals surface area contributed by atoms with E-state index in [2.05, 4.69) is 37.2 Å². The van der Waals surface area contributed by atoms with Gasteiger partial charge in [0.05, 0.1) is 10.8 Å². The van der Waals surface area contributed by atoms with Crippen LogP contribution in [-0.4, -0.2) is 54.5 Å². The maximum atomic E-state index is 12.6. The van der Waals surface area contributed by atoms with Crippen LogP contribution in [0.15, 0.2) is 41.6 Å². The summed E-state index contributed by atoms with van der Waals surface area (Å²) in [5.41, 5.74) is 1.07. The molecular formula is C17H16Br2N2O5S. The quantitative estimate of drug-likeness (QED) is 0.439. The zero-order valence-electron chi connectivity index (χ0n) is 13.9. The Kier molecular flexibility index (Phi) is 6.17. The molecule has 0 spiro atoms. The number of carbonyl (C=O) groups excluding carboxylic acids is 2. The Morgan fingerprint density at radius 3 is 2.59 bits per heavy atom. The summed E-state index contributed by atoms with van der Waals surface area (Å²) >= 11 is 6.54. The first kappa shape index (κ1) is 20.2. The van der Waals surface area contributed by atoms with Gasteiger partial charge in [0.2, 0.25) is 5.91 Å². The number of amides is 2. The second kappa shape index (κ2) is 8.24. The summed E-state index contributed by atoms with van der Waals surface area (Å²) < 4.78 is 12.6. The van der Waals surface area contributed by atoms with Gasteiger partial charge in [0.25, 0.3) is 5.91 Å². The molecule has 3 rings (SSSR count). The van der Waals surface area contributed by atoms with Crippen LogP contribution in [0, 0.1) is 0 Å². The summed E-state index contributed by atoms with van der Waals surface area (Å²) in [7, 11) is -1.49. The van der Waals surface area contributed by atoms with E-state index in [1.807, 2.05) is 6.07 Å². The van der Waals surface area contributed by atoms with E-state index in [0.29, 0.717) is 22.9 Å². The molecule has 0 radical (unpaired) electrons. The first-order valence-electron chi connectivity index (χ1n) is 8.07. The van der Waals surface area contributed by atoms with Gasteiger partial charge in [-0.2, -0.15) is 0 Å². The minimum atomic E-state index is -1.49. The minimum absolute atomic E-state index is 0.0739. The van der Waals surface area contributed by atoms with Crippen molar-refractivity contribution in [2.45, 2.75) is 22.7 Å². The van der Waals surface area contributed by atoms with Gasteiger partial charge in [0.15, 0.2) is 0 Å². The minimum Gasteiger partial charge on any atom is -0.477 e. The molecule has 27 heavy (non-hydrogen) atoms. The van der Waals surface area contributed by atoms with Crippen LogP contribution in [0.1, 0.15) is 16.8 Å². The molecule has 0 aromatic heterocycles. The summed E-state index contributed by atoms with van der Waals surface area (Å²) in [6.45, 7) is 0. The molecule has 1 aromatic rings. The van der Waals surface area contributed by atoms with E-state index in [4.69, 9.17) is 0 Å². The molecule has 0 bridgehead atoms. The van der Waals surface area contributed by atoms with Crippen LogP contribution in [0.2, 0.25) is 0 Å². The molecule has 2 amide bonds. The maximum absolute atomic E-state index is 12.6. The Morgan fingerprint density at radius 2 is 2.00 bits per heavy atom. The lowest BCUT2D eigenvalue weighted by molar-refractivity contribution is -0.150. The van der Waals surface area contributed by atoms with Crippen LogP contribution in [0.4, 0.5) is 0 Å². The van der Waals surface area contributed by atoms with E-state index in [-0.39, 0.29) is 11.4 Å². The fourth-order valence-corrected chi connectivity index (χ4v) is 5.80. The van der Waals surface area contributed by atoms with Crippen molar-refractivity contribution in [2.24, 2.45) is 0 Å². The fourth-order valence-electron chi connectivity index (χ4n) is 3.16. The fraction of sp³-hybridized carbons (Fsp3) is 0.353. The van der Waals surface area contributed by atoms with Crippen LogP contribution in [0.25, 0.3) is 0 Å². The standard InChI is InChI=1S/C17H16Br2N2O5S/c18-7-6-10-8-27(26)16-12(15(23)21(16)13(10)17(24)25)20-14(22)11(19)9-4-2-1-3-5-9/h1-5,11-12,16H,6-8H2,(H,20,22)(H,24,25)/t11?,12-,16-,27+/m1/s1. The van der Waals surface area contributed by atoms with E-state index >= 15 is 0 Å². The number of nitrogens with zero attached hydrogens (tertiary/aromatic N) is 1. The predicted molar refractivity (Wildman–Crippen MR) is 107 cm³/mol. The van der Waals surface area contributed by atoms with Gasteiger partial charge in [-0.05, 0) is 17.6 Å². The Bertz CT molecular complexity index is 845. The van der Waals surface area contributed by atoms with Crippen LogP contribution >= 0.6 is 31.9 Å². The third-order valence-corrected chi connectivity index (χ3v) is 7.42. The van der Waals surface area contributed by atoms with Crippen LogP contribution in [0.3, 0.4) is 0 Å². The van der Waals surface area contributed by atoms with Gasteiger partial charge in [-0.15, -0.1) is 0 Å². The van der Waals surface area contributed by atoms with Crippen molar-refractivity contribution in [3.05, 3.63) is 47.2 Å². The second-order valence-corrected chi connectivity index (χ2v) is 9.32. The zero-order chi connectivity index (χ0) is 19.7. The lowest BCUT2D eigenvalue weighted by Gasteiger charge is -2.49. The Morgan fingerprint density at radius 1 is 1.33 bits per heavy atom. The molecule has 1 unspecified atom stereocenters. The highest BCUT2D eigenvalue weighted by molar-refractivity contribution is 9.09. The predicted octanol–water partition coefficient (Wildman–Crippen LogP) is 1.66. The summed E-state index contributed by atoms with van der Waals surface area (Å²) in [4.78, 5) is 37.1. The summed E-state index contributed by atoms with van der Waals surface area (Å²) in [6, 6.07) is 7.94. The van der Waals surface area contributed by atoms with Crippen molar-refractivity contribution >= 4 is 60.4 Å². The SMILES string of the molecule is O=C(O)C1=C(CCBr)C[S@](=O)[C@@H]2[C@H](NC(=O)C(Br)c3ccccc3)C(=O)N12. The molecule has 2 aliphatic rings. The topological polar surface area (TPSA) is 104 Å². The molecule has 144 valence electrons. The highest BCUT2D eigenvalue weighted by Gasteiger charge is 2.57. The number of carboxylic acids is 1. The van der Waals surface area contributed by atoms with Gasteiger partial charge in [0.1, 0.15) is 21.9 Å². The zero-order valence-corrected chi connectivity index (χ0v) is 17.9. The molecule has 0 aliphatic carbocycles. The van der Waals surface area contributed by atoms with Crippen molar-refractivity contribution in [2.75, 3.05) is 11.1 Å². The third kappa shape index (κ3) is 3.74. The van der Waals surface area contributed by atoms with E-state index in [1.54, 1.807) is 24.3 Å². The molecule has 1 fully saturated rings. The third-order valence-electron chi connectivity index (χ3n) is 4.42.